The summed E-state index contributed by atoms with van der Waals surface area (Å²) in [6.07, 6.45) is 52.3. The third-order valence-corrected chi connectivity index (χ3v) is 16.1. The quantitative estimate of drug-likeness (QED) is 0.0200. The minimum atomic E-state index is -0.688. The molecule has 0 aliphatic rings. The Morgan fingerprint density at radius 1 is 0.369 bits per heavy atom. The van der Waals surface area contributed by atoms with Gasteiger partial charge in [-0.25, -0.2) is 0 Å². The van der Waals surface area contributed by atoms with Crippen molar-refractivity contribution in [1.29, 1.82) is 0 Å². The smallest absolute Gasteiger partial charge is 0.237 e. The zero-order valence-corrected chi connectivity index (χ0v) is 55.1. The summed E-state index contributed by atoms with van der Waals surface area (Å²) in [6, 6.07) is -0.673. The highest BCUT2D eigenvalue weighted by molar-refractivity contribution is 5.82. The van der Waals surface area contributed by atoms with E-state index in [0.29, 0.717) is 65.2 Å². The first-order valence-electron chi connectivity index (χ1n) is 35.6. The molecule has 0 radical (unpaired) electrons. The molecule has 0 saturated carbocycles. The molecule has 0 aromatic heterocycles. The Kier molecular flexibility index (Phi) is 65.2. The van der Waals surface area contributed by atoms with Gasteiger partial charge in [0.1, 0.15) is 0 Å². The monoisotopic (exact) mass is 1190 g/mol. The maximum atomic E-state index is 13.5. The molecule has 0 rings (SSSR count). The Labute approximate surface area is 518 Å². The third kappa shape index (κ3) is 57.7. The van der Waals surface area contributed by atoms with Crippen molar-refractivity contribution < 1.29 is 19.8 Å². The largest absolute Gasteiger partial charge is 0.390 e. The van der Waals surface area contributed by atoms with Gasteiger partial charge in [-0.2, -0.15) is 0 Å². The molecule has 4 atom stereocenters. The fourth-order valence-electron chi connectivity index (χ4n) is 10.8. The molecule has 16 nitrogen and oxygen atoms in total. The van der Waals surface area contributed by atoms with Crippen molar-refractivity contribution in [1.82, 2.24) is 41.7 Å². The summed E-state index contributed by atoms with van der Waals surface area (Å²) >= 11 is 0. The van der Waals surface area contributed by atoms with E-state index in [1.807, 2.05) is 0 Å². The molecule has 0 spiro atoms. The topological polar surface area (TPSA) is 257 Å². The highest BCUT2D eigenvalue weighted by Crippen LogP contribution is 2.14. The lowest BCUT2D eigenvalue weighted by molar-refractivity contribution is -0.124. The van der Waals surface area contributed by atoms with Crippen molar-refractivity contribution >= 4 is 11.8 Å². The summed E-state index contributed by atoms with van der Waals surface area (Å²) in [5.41, 5.74) is 22.9. The lowest BCUT2D eigenvalue weighted by Gasteiger charge is -2.28. The molecule has 16 heteroatoms. The van der Waals surface area contributed by atoms with Crippen molar-refractivity contribution in [3.8, 4) is 0 Å². The second-order valence-electron chi connectivity index (χ2n) is 24.3. The fraction of sp³-hybridized carbons (Fsp3) is 0.912. The lowest BCUT2D eigenvalue weighted by Crippen LogP contribution is -2.48. The second-order valence-corrected chi connectivity index (χ2v) is 24.3. The van der Waals surface area contributed by atoms with Crippen LogP contribution in [0.25, 0.3) is 0 Å². The van der Waals surface area contributed by atoms with Gasteiger partial charge in [0, 0.05) is 26.2 Å². The Morgan fingerprint density at radius 3 is 0.964 bits per heavy atom. The summed E-state index contributed by atoms with van der Waals surface area (Å²) in [5.74, 6) is -0.143. The lowest BCUT2D eigenvalue weighted by atomic mass is 10.1. The predicted molar refractivity (Wildman–Crippen MR) is 362 cm³/mol. The molecule has 0 aromatic rings. The summed E-state index contributed by atoms with van der Waals surface area (Å²) in [6.45, 7) is 16.7. The number of hydrogen-bond acceptors (Lipinski definition) is 14. The van der Waals surface area contributed by atoms with E-state index in [2.05, 4.69) is 79.9 Å². The molecular formula is C68H142N12O4. The number of nitrogens with two attached hydrogens (primary N) is 4. The number of carbonyl (C=O) groups is 2. The van der Waals surface area contributed by atoms with Crippen LogP contribution in [-0.4, -0.2) is 174 Å². The fourth-order valence-corrected chi connectivity index (χ4v) is 10.8. The summed E-state index contributed by atoms with van der Waals surface area (Å²) in [7, 11) is 0. The maximum absolute atomic E-state index is 13.5. The molecular weight excluding hydrogens is 1050 g/mol. The Balaban J connectivity index is 5.66. The van der Waals surface area contributed by atoms with E-state index in [4.69, 9.17) is 22.9 Å². The number of hydrogen-bond donors (Lipinski definition) is 12. The molecule has 0 fully saturated rings. The van der Waals surface area contributed by atoms with Gasteiger partial charge in [0.15, 0.2) is 0 Å². The minimum absolute atomic E-state index is 0.0715. The predicted octanol–water partition coefficient (Wildman–Crippen LogP) is 9.45. The van der Waals surface area contributed by atoms with Crippen molar-refractivity contribution in [3.05, 3.63) is 24.3 Å². The number of aliphatic hydroxyl groups excluding tert-OH is 2. The molecule has 0 aliphatic carbocycles. The Hall–Kier alpha value is -2.06. The van der Waals surface area contributed by atoms with Crippen LogP contribution in [0, 0.1) is 0 Å². The van der Waals surface area contributed by atoms with Crippen LogP contribution in [0.1, 0.15) is 258 Å². The van der Waals surface area contributed by atoms with Crippen LogP contribution in [0.4, 0.5) is 0 Å². The number of nitrogens with one attached hydrogen (secondary N) is 6. The molecule has 84 heavy (non-hydrogen) atoms. The zero-order valence-electron chi connectivity index (χ0n) is 55.1. The van der Waals surface area contributed by atoms with E-state index in [9.17, 15) is 19.8 Å². The number of unbranched alkanes of at least 4 members (excludes halogenated alkanes) is 25. The average molecular weight is 1190 g/mol. The number of nitrogens with zero attached hydrogens (tertiary/aromatic N) is 2. The van der Waals surface area contributed by atoms with E-state index < -0.39 is 12.2 Å². The first kappa shape index (κ1) is 81.9. The first-order chi connectivity index (χ1) is 41.3. The average Bonchev–Trinajstić information content (AvgIpc) is 3.50. The van der Waals surface area contributed by atoms with Gasteiger partial charge in [-0.15, -0.1) is 0 Å². The van der Waals surface area contributed by atoms with E-state index in [0.717, 1.165) is 117 Å². The van der Waals surface area contributed by atoms with Gasteiger partial charge < -0.3 is 74.8 Å². The first-order valence-corrected chi connectivity index (χ1v) is 35.6. The third-order valence-electron chi connectivity index (χ3n) is 16.1. The number of rotatable bonds is 69. The van der Waals surface area contributed by atoms with Gasteiger partial charge in [-0.05, 0) is 220 Å². The van der Waals surface area contributed by atoms with Gasteiger partial charge in [0.25, 0.3) is 0 Å². The van der Waals surface area contributed by atoms with Crippen LogP contribution in [-0.2, 0) is 9.59 Å². The second kappa shape index (κ2) is 66.9. The highest BCUT2D eigenvalue weighted by Gasteiger charge is 2.22. The summed E-state index contributed by atoms with van der Waals surface area (Å²) in [4.78, 5) is 31.8. The van der Waals surface area contributed by atoms with Crippen molar-refractivity contribution in [2.75, 3.05) is 118 Å². The van der Waals surface area contributed by atoms with E-state index in [1.165, 1.54) is 167 Å². The van der Waals surface area contributed by atoms with Crippen molar-refractivity contribution in [3.63, 3.8) is 0 Å². The number of aliphatic hydroxyl groups is 2. The molecule has 16 N–H and O–H groups in total. The van der Waals surface area contributed by atoms with Crippen LogP contribution >= 0.6 is 0 Å². The minimum Gasteiger partial charge on any atom is -0.390 e. The molecule has 2 amide bonds. The van der Waals surface area contributed by atoms with Gasteiger partial charge in [-0.1, -0.05) is 154 Å². The van der Waals surface area contributed by atoms with Gasteiger partial charge in [0.05, 0.1) is 24.3 Å². The maximum Gasteiger partial charge on any atom is 0.237 e. The standard InChI is InChI=1S/C68H142N12O4/c1-3-5-7-9-11-13-15-17-19-21-23-25-27-29-31-33-55-79(61-63(81)59-77-67(83)65(75-53-41-47-71)43-37-49-73-51-39-45-69)57-35-36-58-80(56-34-32-30-28-26-24-22-20-18-16-14-12-10-8-6-4-2)62-64(82)60-78-68(84)66(76-54-42-48-72)44-38-50-74-52-40-46-70/h17-20,63-66,73-76,81-82H,3-16,21-62,69-72H2,1-2H3,(H,77,83)(H,78,84). The Morgan fingerprint density at radius 2 is 0.643 bits per heavy atom. The van der Waals surface area contributed by atoms with Crippen LogP contribution in [0.5, 0.6) is 0 Å². The van der Waals surface area contributed by atoms with Crippen molar-refractivity contribution in [2.45, 2.75) is 282 Å². The van der Waals surface area contributed by atoms with E-state index >= 15 is 0 Å². The van der Waals surface area contributed by atoms with Gasteiger partial charge >= 0.3 is 0 Å². The number of allylic oxidation sites excluding steroid dienone is 4. The molecule has 0 saturated heterocycles. The normalized spacial score (nSPS) is 13.5. The SMILES string of the molecule is CCCCCCCCC=CCCCCCCCCN(CCCCN(CCCCCCCCC=CCCCCCCCC)CC(O)CNC(=O)C(CCCNCCCN)NCCCN)CC(O)CNC(=O)C(CCCNCCCN)NCCCN. The van der Waals surface area contributed by atoms with Gasteiger partial charge in [0.2, 0.25) is 11.8 Å². The highest BCUT2D eigenvalue weighted by atomic mass is 16.3. The van der Waals surface area contributed by atoms with Gasteiger partial charge in [-0.3, -0.25) is 9.59 Å². The van der Waals surface area contributed by atoms with Crippen LogP contribution in [0.2, 0.25) is 0 Å². The number of carbonyl (C=O) groups excluding carboxylic acids is 2. The summed E-state index contributed by atoms with van der Waals surface area (Å²) in [5, 5.41) is 42.7. The molecule has 0 heterocycles. The van der Waals surface area contributed by atoms with E-state index in [1.54, 1.807) is 0 Å². The molecule has 498 valence electrons. The Bertz CT molecular complexity index is 1320. The van der Waals surface area contributed by atoms with E-state index in [-0.39, 0.29) is 37.0 Å². The molecule has 4 unspecified atom stereocenters. The molecule has 0 aromatic carbocycles. The zero-order chi connectivity index (χ0) is 61.3. The summed E-state index contributed by atoms with van der Waals surface area (Å²) < 4.78 is 0. The number of amides is 2. The molecule has 0 aliphatic heterocycles. The molecule has 0 bridgehead atoms. The van der Waals surface area contributed by atoms with Crippen LogP contribution in [0.3, 0.4) is 0 Å². The van der Waals surface area contributed by atoms with Crippen LogP contribution in [0.15, 0.2) is 24.3 Å². The van der Waals surface area contributed by atoms with Crippen molar-refractivity contribution in [2.24, 2.45) is 22.9 Å². The van der Waals surface area contributed by atoms with Crippen LogP contribution < -0.4 is 54.8 Å².